The van der Waals surface area contributed by atoms with E-state index in [1.54, 1.807) is 0 Å². The third-order valence-electron chi connectivity index (χ3n) is 6.27. The average Bonchev–Trinajstić information content (AvgIpc) is 2.79. The highest BCUT2D eigenvalue weighted by Gasteiger charge is 2.15. The van der Waals surface area contributed by atoms with Gasteiger partial charge in [-0.05, 0) is 6.42 Å². The Labute approximate surface area is 216 Å². The average molecular weight is 498 g/mol. The topological polar surface area (TPSA) is 35.5 Å². The number of esters is 1. The molecule has 0 saturated carbocycles. The van der Waals surface area contributed by atoms with E-state index in [0.29, 0.717) is 26.2 Å². The minimum absolute atomic E-state index is 0. The number of unbranched alkanes of at least 4 members (excludes halogenated alkanes) is 12. The third-order valence-corrected chi connectivity index (χ3v) is 6.27. The van der Waals surface area contributed by atoms with Gasteiger partial charge in [-0.15, -0.1) is 0 Å². The fourth-order valence-electron chi connectivity index (χ4n) is 4.14. The first-order valence-corrected chi connectivity index (χ1v) is 13.6. The van der Waals surface area contributed by atoms with Crippen molar-refractivity contribution in [2.24, 2.45) is 0 Å². The summed E-state index contributed by atoms with van der Waals surface area (Å²) in [5.74, 6) is -0.0816. The molecule has 1 aromatic rings. The van der Waals surface area contributed by atoms with Crippen LogP contribution in [0.3, 0.4) is 0 Å². The molecule has 0 spiro atoms. The van der Waals surface area contributed by atoms with Gasteiger partial charge >= 0.3 is 5.97 Å². The number of carbonyl (C=O) groups excluding carboxylic acids is 1. The Balaban J connectivity index is 0.0000109. The molecule has 0 aliphatic heterocycles. The first kappa shape index (κ1) is 32.9. The minimum Gasteiger partial charge on any atom is -1.00 e. The second kappa shape index (κ2) is 22.4. The molecule has 4 nitrogen and oxygen atoms in total. The van der Waals surface area contributed by atoms with Gasteiger partial charge < -0.3 is 26.4 Å². The molecular formula is C29H52ClNO3. The van der Waals surface area contributed by atoms with Crippen molar-refractivity contribution in [3.8, 4) is 0 Å². The molecule has 5 heteroatoms. The largest absolute Gasteiger partial charge is 1.00 e. The third kappa shape index (κ3) is 20.3. The predicted molar refractivity (Wildman–Crippen MR) is 139 cm³/mol. The maximum atomic E-state index is 11.9. The van der Waals surface area contributed by atoms with Crippen molar-refractivity contribution in [3.05, 3.63) is 35.9 Å². The number of halogens is 1. The second-order valence-corrected chi connectivity index (χ2v) is 10.1. The summed E-state index contributed by atoms with van der Waals surface area (Å²) < 4.78 is 11.9. The lowest BCUT2D eigenvalue weighted by molar-refractivity contribution is -0.904. The van der Waals surface area contributed by atoms with Crippen LogP contribution >= 0.6 is 0 Å². The normalized spacial score (nSPS) is 11.3. The monoisotopic (exact) mass is 497 g/mol. The number of nitrogens with zero attached hydrogens (tertiary/aromatic N) is 1. The smallest absolute Gasteiger partial charge is 0.305 e. The molecule has 198 valence electrons. The molecule has 1 rings (SSSR count). The van der Waals surface area contributed by atoms with Crippen LogP contribution in [0, 0.1) is 0 Å². The molecule has 0 heterocycles. The van der Waals surface area contributed by atoms with Gasteiger partial charge in [-0.1, -0.05) is 114 Å². The Morgan fingerprint density at radius 2 is 1.26 bits per heavy atom. The first-order valence-electron chi connectivity index (χ1n) is 13.6. The summed E-state index contributed by atoms with van der Waals surface area (Å²) in [5, 5.41) is 0. The Morgan fingerprint density at radius 1 is 0.735 bits per heavy atom. The van der Waals surface area contributed by atoms with E-state index in [2.05, 4.69) is 45.3 Å². The number of benzene rings is 1. The van der Waals surface area contributed by atoms with E-state index in [9.17, 15) is 4.79 Å². The van der Waals surface area contributed by atoms with E-state index in [4.69, 9.17) is 9.47 Å². The van der Waals surface area contributed by atoms with E-state index in [0.717, 1.165) is 30.4 Å². The molecule has 34 heavy (non-hydrogen) atoms. The van der Waals surface area contributed by atoms with E-state index in [-0.39, 0.29) is 18.4 Å². The summed E-state index contributed by atoms with van der Waals surface area (Å²) in [6, 6.07) is 10.5. The Kier molecular flexibility index (Phi) is 21.6. The summed E-state index contributed by atoms with van der Waals surface area (Å²) in [6.07, 6.45) is 17.7. The van der Waals surface area contributed by atoms with Crippen LogP contribution in [0.25, 0.3) is 0 Å². The second-order valence-electron chi connectivity index (χ2n) is 10.1. The van der Waals surface area contributed by atoms with Crippen LogP contribution in [0.2, 0.25) is 0 Å². The fraction of sp³-hybridized carbons (Fsp3) is 0.759. The van der Waals surface area contributed by atoms with Crippen molar-refractivity contribution >= 4 is 5.97 Å². The molecule has 0 amide bonds. The highest BCUT2D eigenvalue weighted by atomic mass is 35.5. The molecule has 0 N–H and O–H groups in total. The van der Waals surface area contributed by atoms with Gasteiger partial charge in [0.1, 0.15) is 19.7 Å². The molecule has 1 aromatic carbocycles. The molecule has 0 aliphatic rings. The maximum absolute atomic E-state index is 11.9. The lowest BCUT2D eigenvalue weighted by Crippen LogP contribution is -3.00. The van der Waals surface area contributed by atoms with Gasteiger partial charge in [-0.3, -0.25) is 4.79 Å². The summed E-state index contributed by atoms with van der Waals surface area (Å²) >= 11 is 0. The molecule has 0 saturated heterocycles. The van der Waals surface area contributed by atoms with E-state index < -0.39 is 0 Å². The number of ether oxygens (including phenoxy) is 2. The van der Waals surface area contributed by atoms with Crippen molar-refractivity contribution < 1.29 is 31.2 Å². The summed E-state index contributed by atoms with van der Waals surface area (Å²) in [6.45, 7) is 5.71. The van der Waals surface area contributed by atoms with Gasteiger partial charge in [0, 0.05) is 12.0 Å². The van der Waals surface area contributed by atoms with Gasteiger partial charge in [0.2, 0.25) is 0 Å². The van der Waals surface area contributed by atoms with Gasteiger partial charge in [0.25, 0.3) is 0 Å². The van der Waals surface area contributed by atoms with E-state index >= 15 is 0 Å². The molecular weight excluding hydrogens is 446 g/mol. The Bertz CT molecular complexity index is 580. The van der Waals surface area contributed by atoms with Crippen LogP contribution < -0.4 is 12.4 Å². The lowest BCUT2D eigenvalue weighted by Gasteiger charge is -2.29. The number of rotatable bonds is 22. The fourth-order valence-corrected chi connectivity index (χ4v) is 4.14. The van der Waals surface area contributed by atoms with Gasteiger partial charge in [-0.2, -0.15) is 0 Å². The van der Waals surface area contributed by atoms with Crippen LogP contribution in [0.5, 0.6) is 0 Å². The number of hydrogen-bond acceptors (Lipinski definition) is 3. The Hall–Kier alpha value is -1.10. The van der Waals surface area contributed by atoms with Crippen molar-refractivity contribution in [3.63, 3.8) is 0 Å². The summed E-state index contributed by atoms with van der Waals surface area (Å²) in [4.78, 5) is 11.9. The molecule has 0 fully saturated rings. The highest BCUT2D eigenvalue weighted by molar-refractivity contribution is 5.69. The van der Waals surface area contributed by atoms with Crippen molar-refractivity contribution in [2.75, 3.05) is 40.5 Å². The molecule has 0 aliphatic carbocycles. The highest BCUT2D eigenvalue weighted by Crippen LogP contribution is 2.13. The van der Waals surface area contributed by atoms with Crippen LogP contribution in [-0.4, -0.2) is 50.9 Å². The number of likely N-dealkylation sites (N-methyl/N-ethyl adjacent to an activating group) is 1. The zero-order chi connectivity index (χ0) is 24.0. The summed E-state index contributed by atoms with van der Waals surface area (Å²) in [7, 11) is 4.43. The van der Waals surface area contributed by atoms with E-state index in [1.807, 2.05) is 6.07 Å². The SMILES string of the molecule is CCCCCCCCCCCCCCCC(=O)OCCOCC[N+](C)(C)Cc1ccccc1.[Cl-]. The van der Waals surface area contributed by atoms with Crippen molar-refractivity contribution in [2.45, 2.75) is 103 Å². The molecule has 0 aromatic heterocycles. The molecule has 0 atom stereocenters. The van der Waals surface area contributed by atoms with Crippen molar-refractivity contribution in [1.82, 2.24) is 0 Å². The quantitative estimate of drug-likeness (QED) is 0.136. The van der Waals surface area contributed by atoms with Crippen molar-refractivity contribution in [1.29, 1.82) is 0 Å². The Morgan fingerprint density at radius 3 is 1.82 bits per heavy atom. The number of hydrogen-bond donors (Lipinski definition) is 0. The lowest BCUT2D eigenvalue weighted by atomic mass is 10.0. The molecule has 0 radical (unpaired) electrons. The predicted octanol–water partition coefficient (Wildman–Crippen LogP) is 4.31. The zero-order valence-electron chi connectivity index (χ0n) is 22.4. The molecule has 0 unspecified atom stereocenters. The van der Waals surface area contributed by atoms with Gasteiger partial charge in [0.05, 0.1) is 27.3 Å². The summed E-state index contributed by atoms with van der Waals surface area (Å²) in [5.41, 5.74) is 1.34. The van der Waals surface area contributed by atoms with Crippen LogP contribution in [0.15, 0.2) is 30.3 Å². The van der Waals surface area contributed by atoms with Crippen LogP contribution in [0.1, 0.15) is 102 Å². The number of carbonyl (C=O) groups is 1. The van der Waals surface area contributed by atoms with E-state index in [1.165, 1.54) is 76.2 Å². The first-order chi connectivity index (χ1) is 16.0. The maximum Gasteiger partial charge on any atom is 0.305 e. The van der Waals surface area contributed by atoms with Gasteiger partial charge in [-0.25, -0.2) is 0 Å². The zero-order valence-corrected chi connectivity index (χ0v) is 23.1. The minimum atomic E-state index is -0.0816. The number of quaternary nitrogens is 1. The van der Waals surface area contributed by atoms with Crippen LogP contribution in [0.4, 0.5) is 0 Å². The van der Waals surface area contributed by atoms with Crippen LogP contribution in [-0.2, 0) is 20.8 Å². The molecule has 0 bridgehead atoms. The van der Waals surface area contributed by atoms with Gasteiger partial charge in [0.15, 0.2) is 0 Å². The standard InChI is InChI=1S/C29H52NO3.ClH/c1-4-5-6-7-8-9-10-11-12-13-14-15-19-22-29(31)33-26-25-32-24-23-30(2,3)27-28-20-17-16-18-21-28;/h16-18,20-21H,4-15,19,22-27H2,1-3H3;1H/q+1;/p-1.